The summed E-state index contributed by atoms with van der Waals surface area (Å²) < 4.78 is 0. The van der Waals surface area contributed by atoms with Gasteiger partial charge >= 0.3 is 0 Å². The van der Waals surface area contributed by atoms with Crippen LogP contribution in [0.15, 0.2) is 6.20 Å². The van der Waals surface area contributed by atoms with Crippen LogP contribution in [0, 0.1) is 12.3 Å². The van der Waals surface area contributed by atoms with Crippen LogP contribution in [-0.2, 0) is 6.54 Å². The van der Waals surface area contributed by atoms with Crippen LogP contribution in [0.1, 0.15) is 36.1 Å². The molecule has 0 aliphatic heterocycles. The monoisotopic (exact) mass is 246 g/mol. The van der Waals surface area contributed by atoms with E-state index in [1.54, 1.807) is 11.3 Å². The average Bonchev–Trinajstić information content (AvgIpc) is 2.49. The Balaban J connectivity index is 0.00000112. The number of nitrogens with one attached hydrogen (secondary N) is 1. The van der Waals surface area contributed by atoms with Gasteiger partial charge in [0.2, 0.25) is 0 Å². The van der Waals surface area contributed by atoms with Gasteiger partial charge in [0.15, 0.2) is 0 Å². The lowest BCUT2D eigenvalue weighted by molar-refractivity contribution is 0.156. The molecular weight excluding hydrogens is 228 g/mol. The summed E-state index contributed by atoms with van der Waals surface area (Å²) in [5, 5.41) is 4.69. The summed E-state index contributed by atoms with van der Waals surface area (Å²) in [6.07, 6.45) is 6.18. The molecule has 2 nitrogen and oxygen atoms in total. The number of halogens is 1. The predicted octanol–water partition coefficient (Wildman–Crippen LogP) is 3.15. The minimum atomic E-state index is 0. The highest BCUT2D eigenvalue weighted by atomic mass is 35.5. The van der Waals surface area contributed by atoms with Gasteiger partial charge in [-0.2, -0.15) is 0 Å². The first kappa shape index (κ1) is 12.9. The quantitative estimate of drug-likeness (QED) is 0.883. The van der Waals surface area contributed by atoms with Crippen molar-refractivity contribution in [1.82, 2.24) is 10.3 Å². The van der Waals surface area contributed by atoms with Crippen molar-refractivity contribution in [3.8, 4) is 0 Å². The number of aromatic nitrogens is 1. The molecule has 1 aliphatic carbocycles. The fourth-order valence-corrected chi connectivity index (χ4v) is 2.70. The smallest absolute Gasteiger partial charge is 0.0897 e. The molecule has 1 N–H and O–H groups in total. The highest BCUT2D eigenvalue weighted by Gasteiger charge is 2.30. The average molecular weight is 247 g/mol. The minimum absolute atomic E-state index is 0. The Morgan fingerprint density at radius 1 is 1.53 bits per heavy atom. The first-order chi connectivity index (χ1) is 6.68. The molecule has 0 atom stereocenters. The zero-order valence-corrected chi connectivity index (χ0v) is 11.0. The van der Waals surface area contributed by atoms with Gasteiger partial charge in [-0.15, -0.1) is 23.7 Å². The molecule has 1 aliphatic rings. The molecule has 86 valence electrons. The second kappa shape index (κ2) is 5.28. The van der Waals surface area contributed by atoms with E-state index >= 15 is 0 Å². The topological polar surface area (TPSA) is 24.9 Å². The van der Waals surface area contributed by atoms with Crippen molar-refractivity contribution in [2.75, 3.05) is 6.54 Å². The summed E-state index contributed by atoms with van der Waals surface area (Å²) in [6.45, 7) is 6.58. The molecule has 1 aromatic heterocycles. The van der Waals surface area contributed by atoms with Gasteiger partial charge < -0.3 is 5.32 Å². The van der Waals surface area contributed by atoms with E-state index in [9.17, 15) is 0 Å². The highest BCUT2D eigenvalue weighted by Crippen LogP contribution is 2.39. The van der Waals surface area contributed by atoms with E-state index in [-0.39, 0.29) is 12.4 Å². The molecule has 0 aromatic carbocycles. The van der Waals surface area contributed by atoms with Crippen LogP contribution in [0.5, 0.6) is 0 Å². The van der Waals surface area contributed by atoms with Gasteiger partial charge in [-0.1, -0.05) is 13.3 Å². The summed E-state index contributed by atoms with van der Waals surface area (Å²) in [6, 6.07) is 0. The zero-order valence-electron chi connectivity index (χ0n) is 9.38. The fourth-order valence-electron chi connectivity index (χ4n) is 1.93. The van der Waals surface area contributed by atoms with E-state index in [4.69, 9.17) is 0 Å². The highest BCUT2D eigenvalue weighted by molar-refractivity contribution is 7.11. The maximum atomic E-state index is 4.24. The summed E-state index contributed by atoms with van der Waals surface area (Å²) in [4.78, 5) is 5.60. The van der Waals surface area contributed by atoms with E-state index < -0.39 is 0 Å². The minimum Gasteiger partial charge on any atom is -0.311 e. The van der Waals surface area contributed by atoms with Crippen LogP contribution < -0.4 is 5.32 Å². The SMILES string of the molecule is Cc1ncc(CNCC2(C)CCC2)s1.Cl. The van der Waals surface area contributed by atoms with Crippen LogP contribution in [0.3, 0.4) is 0 Å². The van der Waals surface area contributed by atoms with Gasteiger partial charge in [-0.05, 0) is 25.2 Å². The molecule has 0 spiro atoms. The lowest BCUT2D eigenvalue weighted by Gasteiger charge is -2.38. The van der Waals surface area contributed by atoms with Crippen LogP contribution in [0.4, 0.5) is 0 Å². The molecule has 15 heavy (non-hydrogen) atoms. The Morgan fingerprint density at radius 3 is 2.73 bits per heavy atom. The number of aryl methyl sites for hydroxylation is 1. The fraction of sp³-hybridized carbons (Fsp3) is 0.727. The van der Waals surface area contributed by atoms with Crippen molar-refractivity contribution in [3.05, 3.63) is 16.1 Å². The third-order valence-electron chi connectivity index (χ3n) is 3.08. The van der Waals surface area contributed by atoms with Crippen LogP contribution in [0.25, 0.3) is 0 Å². The molecule has 1 aromatic rings. The summed E-state index contributed by atoms with van der Waals surface area (Å²) in [5.41, 5.74) is 0.583. The van der Waals surface area contributed by atoms with Gasteiger partial charge in [0, 0.05) is 24.2 Å². The Bertz CT molecular complexity index is 307. The molecule has 2 rings (SSSR count). The van der Waals surface area contributed by atoms with Crippen LogP contribution >= 0.6 is 23.7 Å². The van der Waals surface area contributed by atoms with Gasteiger partial charge in [0.1, 0.15) is 0 Å². The molecule has 1 fully saturated rings. The van der Waals surface area contributed by atoms with Gasteiger partial charge in [0.05, 0.1) is 5.01 Å². The van der Waals surface area contributed by atoms with Gasteiger partial charge in [-0.3, -0.25) is 0 Å². The summed E-state index contributed by atoms with van der Waals surface area (Å²) in [7, 11) is 0. The number of hydrogen-bond acceptors (Lipinski definition) is 3. The molecular formula is C11H19ClN2S. The summed E-state index contributed by atoms with van der Waals surface area (Å²) >= 11 is 1.79. The van der Waals surface area contributed by atoms with Gasteiger partial charge in [0.25, 0.3) is 0 Å². The number of hydrogen-bond donors (Lipinski definition) is 1. The Hall–Kier alpha value is -0.120. The summed E-state index contributed by atoms with van der Waals surface area (Å²) in [5.74, 6) is 0. The first-order valence-corrected chi connectivity index (χ1v) is 6.12. The third kappa shape index (κ3) is 3.44. The van der Waals surface area contributed by atoms with Gasteiger partial charge in [-0.25, -0.2) is 4.98 Å². The van der Waals surface area contributed by atoms with Crippen molar-refractivity contribution in [2.24, 2.45) is 5.41 Å². The van der Waals surface area contributed by atoms with Crippen LogP contribution in [0.2, 0.25) is 0 Å². The largest absolute Gasteiger partial charge is 0.311 e. The molecule has 0 bridgehead atoms. The molecule has 4 heteroatoms. The van der Waals surface area contributed by atoms with E-state index in [1.165, 1.54) is 24.1 Å². The third-order valence-corrected chi connectivity index (χ3v) is 3.99. The second-order valence-electron chi connectivity index (χ2n) is 4.61. The van der Waals surface area contributed by atoms with Crippen molar-refractivity contribution < 1.29 is 0 Å². The molecule has 0 saturated heterocycles. The Kier molecular flexibility index (Phi) is 4.56. The molecule has 1 heterocycles. The number of thiazole rings is 1. The van der Waals surface area contributed by atoms with Crippen LogP contribution in [-0.4, -0.2) is 11.5 Å². The maximum absolute atomic E-state index is 4.24. The molecule has 0 unspecified atom stereocenters. The molecule has 1 saturated carbocycles. The van der Waals surface area contributed by atoms with E-state index in [1.807, 2.05) is 6.20 Å². The van der Waals surface area contributed by atoms with Crippen molar-refractivity contribution in [3.63, 3.8) is 0 Å². The van der Waals surface area contributed by atoms with Crippen molar-refractivity contribution >= 4 is 23.7 Å². The molecule has 0 radical (unpaired) electrons. The number of rotatable bonds is 4. The first-order valence-electron chi connectivity index (χ1n) is 5.30. The predicted molar refractivity (Wildman–Crippen MR) is 67.8 cm³/mol. The maximum Gasteiger partial charge on any atom is 0.0897 e. The normalized spacial score (nSPS) is 18.0. The zero-order chi connectivity index (χ0) is 10.0. The van der Waals surface area contributed by atoms with Crippen molar-refractivity contribution in [1.29, 1.82) is 0 Å². The Labute approximate surface area is 102 Å². The standard InChI is InChI=1S/C11H18N2S.ClH/c1-9-13-7-10(14-9)6-12-8-11(2)4-3-5-11;/h7,12H,3-6,8H2,1-2H3;1H. The van der Waals surface area contributed by atoms with E-state index in [0.29, 0.717) is 5.41 Å². The lowest BCUT2D eigenvalue weighted by atomic mass is 9.70. The Morgan fingerprint density at radius 2 is 2.27 bits per heavy atom. The van der Waals surface area contributed by atoms with Crippen molar-refractivity contribution in [2.45, 2.75) is 39.7 Å². The van der Waals surface area contributed by atoms with E-state index in [0.717, 1.165) is 18.1 Å². The molecule has 0 amide bonds. The number of nitrogens with zero attached hydrogens (tertiary/aromatic N) is 1. The second-order valence-corrected chi connectivity index (χ2v) is 5.93. The van der Waals surface area contributed by atoms with E-state index in [2.05, 4.69) is 24.1 Å². The lowest BCUT2D eigenvalue weighted by Crippen LogP contribution is -2.36.